The Balaban J connectivity index is 0.000000640. The van der Waals surface area contributed by atoms with E-state index in [1.807, 2.05) is 6.07 Å². The maximum Gasteiger partial charge on any atom is 0.127 e. The first kappa shape index (κ1) is 8.28. The van der Waals surface area contributed by atoms with Crippen LogP contribution in [0.15, 0.2) is 11.4 Å². The van der Waals surface area contributed by atoms with Gasteiger partial charge in [0.1, 0.15) is 10.9 Å². The molecule has 0 unspecified atom stereocenters. The first-order valence-corrected chi connectivity index (χ1v) is 2.95. The van der Waals surface area contributed by atoms with Crippen molar-refractivity contribution < 1.29 is 0 Å². The molecule has 0 fully saturated rings. The van der Waals surface area contributed by atoms with Gasteiger partial charge < -0.3 is 5.73 Å². The van der Waals surface area contributed by atoms with Gasteiger partial charge in [0.25, 0.3) is 0 Å². The van der Waals surface area contributed by atoms with Crippen molar-refractivity contribution in [1.29, 1.82) is 5.26 Å². The topological polar surface area (TPSA) is 49.8 Å². The summed E-state index contributed by atoms with van der Waals surface area (Å²) >= 11 is 1.36. The third-order valence-corrected chi connectivity index (χ3v) is 1.63. The first-order chi connectivity index (χ1) is 3.84. The van der Waals surface area contributed by atoms with Crippen LogP contribution < -0.4 is 5.73 Å². The SMILES string of the molecule is Cl.N#Cc1sccc1N. The molecule has 0 saturated carbocycles. The van der Waals surface area contributed by atoms with Crippen LogP contribution in [0, 0.1) is 11.3 Å². The third-order valence-electron chi connectivity index (χ3n) is 0.797. The number of anilines is 1. The Morgan fingerprint density at radius 2 is 2.33 bits per heavy atom. The number of nitriles is 1. The zero-order valence-electron chi connectivity index (χ0n) is 4.50. The summed E-state index contributed by atoms with van der Waals surface area (Å²) in [6, 6.07) is 3.69. The second-order valence-electron chi connectivity index (χ2n) is 1.32. The number of hydrogen-bond acceptors (Lipinski definition) is 3. The van der Waals surface area contributed by atoms with Crippen LogP contribution in [0.4, 0.5) is 5.69 Å². The molecule has 0 atom stereocenters. The van der Waals surface area contributed by atoms with Gasteiger partial charge in [-0.1, -0.05) is 0 Å². The van der Waals surface area contributed by atoms with Gasteiger partial charge in [0.2, 0.25) is 0 Å². The molecule has 1 rings (SSSR count). The van der Waals surface area contributed by atoms with E-state index in [0.29, 0.717) is 10.6 Å². The summed E-state index contributed by atoms with van der Waals surface area (Å²) in [5.74, 6) is 0. The van der Waals surface area contributed by atoms with Crippen LogP contribution in [-0.2, 0) is 0 Å². The smallest absolute Gasteiger partial charge is 0.127 e. The van der Waals surface area contributed by atoms with Gasteiger partial charge in [0.05, 0.1) is 5.69 Å². The zero-order valence-corrected chi connectivity index (χ0v) is 6.13. The molecular formula is C5H5ClN2S. The van der Waals surface area contributed by atoms with E-state index in [1.165, 1.54) is 11.3 Å². The average Bonchev–Trinajstić information content (AvgIpc) is 2.14. The van der Waals surface area contributed by atoms with Gasteiger partial charge in [0.15, 0.2) is 0 Å². The molecule has 0 bridgehead atoms. The van der Waals surface area contributed by atoms with Gasteiger partial charge >= 0.3 is 0 Å². The van der Waals surface area contributed by atoms with Crippen molar-refractivity contribution >= 4 is 29.4 Å². The number of nitrogen functional groups attached to an aromatic ring is 1. The minimum Gasteiger partial charge on any atom is -0.397 e. The summed E-state index contributed by atoms with van der Waals surface area (Å²) < 4.78 is 0. The van der Waals surface area contributed by atoms with Crippen molar-refractivity contribution in [2.45, 2.75) is 0 Å². The first-order valence-electron chi connectivity index (χ1n) is 2.07. The van der Waals surface area contributed by atoms with Crippen molar-refractivity contribution in [1.82, 2.24) is 0 Å². The van der Waals surface area contributed by atoms with E-state index in [2.05, 4.69) is 0 Å². The van der Waals surface area contributed by atoms with Crippen molar-refractivity contribution in [3.05, 3.63) is 16.3 Å². The fraction of sp³-hybridized carbons (Fsp3) is 0. The number of nitrogens with two attached hydrogens (primary N) is 1. The minimum absolute atomic E-state index is 0. The molecular weight excluding hydrogens is 156 g/mol. The van der Waals surface area contributed by atoms with Gasteiger partial charge in [-0.25, -0.2) is 0 Å². The maximum atomic E-state index is 8.29. The van der Waals surface area contributed by atoms with Crippen molar-refractivity contribution in [3.63, 3.8) is 0 Å². The molecule has 0 saturated heterocycles. The summed E-state index contributed by atoms with van der Waals surface area (Å²) in [6.45, 7) is 0. The quantitative estimate of drug-likeness (QED) is 0.627. The summed E-state index contributed by atoms with van der Waals surface area (Å²) in [4.78, 5) is 0.602. The number of thiophene rings is 1. The van der Waals surface area contributed by atoms with Gasteiger partial charge in [-0.15, -0.1) is 23.7 Å². The van der Waals surface area contributed by atoms with E-state index in [-0.39, 0.29) is 12.4 Å². The number of halogens is 1. The lowest BCUT2D eigenvalue weighted by molar-refractivity contribution is 1.52. The van der Waals surface area contributed by atoms with Crippen LogP contribution in [0.5, 0.6) is 0 Å². The zero-order chi connectivity index (χ0) is 5.98. The minimum atomic E-state index is 0. The number of nitrogens with zero attached hydrogens (tertiary/aromatic N) is 1. The van der Waals surface area contributed by atoms with Crippen LogP contribution in [0.1, 0.15) is 4.88 Å². The predicted molar refractivity (Wildman–Crippen MR) is 40.7 cm³/mol. The Labute approximate surface area is 63.3 Å². The lowest BCUT2D eigenvalue weighted by Crippen LogP contribution is -1.81. The molecule has 0 radical (unpaired) electrons. The molecule has 1 heterocycles. The van der Waals surface area contributed by atoms with E-state index in [9.17, 15) is 0 Å². The molecule has 1 aromatic rings. The van der Waals surface area contributed by atoms with Gasteiger partial charge in [0, 0.05) is 0 Å². The highest BCUT2D eigenvalue weighted by molar-refractivity contribution is 7.11. The van der Waals surface area contributed by atoms with E-state index in [1.54, 1.807) is 11.4 Å². The molecule has 2 N–H and O–H groups in total. The summed E-state index contributed by atoms with van der Waals surface area (Å²) in [6.07, 6.45) is 0. The van der Waals surface area contributed by atoms with E-state index < -0.39 is 0 Å². The molecule has 0 aliphatic rings. The third kappa shape index (κ3) is 1.60. The maximum absolute atomic E-state index is 8.29. The van der Waals surface area contributed by atoms with Crippen LogP contribution in [-0.4, -0.2) is 0 Å². The summed E-state index contributed by atoms with van der Waals surface area (Å²) in [7, 11) is 0. The standard InChI is InChI=1S/C5H4N2S.ClH/c6-3-5-4(7)1-2-8-5;/h1-2H,7H2;1H. The van der Waals surface area contributed by atoms with Crippen molar-refractivity contribution in [2.75, 3.05) is 5.73 Å². The molecule has 0 aromatic carbocycles. The van der Waals surface area contributed by atoms with Crippen molar-refractivity contribution in [3.8, 4) is 6.07 Å². The fourth-order valence-corrected chi connectivity index (χ4v) is 1.02. The van der Waals surface area contributed by atoms with E-state index in [4.69, 9.17) is 11.0 Å². The molecule has 2 nitrogen and oxygen atoms in total. The second kappa shape index (κ2) is 3.33. The summed E-state index contributed by atoms with van der Waals surface area (Å²) in [5, 5.41) is 10.1. The molecule has 0 aliphatic heterocycles. The molecule has 4 heteroatoms. The highest BCUT2D eigenvalue weighted by Gasteiger charge is 1.94. The lowest BCUT2D eigenvalue weighted by atomic mass is 10.4. The highest BCUT2D eigenvalue weighted by atomic mass is 35.5. The Hall–Kier alpha value is -0.720. The lowest BCUT2D eigenvalue weighted by Gasteiger charge is -1.78. The molecule has 0 aliphatic carbocycles. The average molecular weight is 161 g/mol. The van der Waals surface area contributed by atoms with E-state index >= 15 is 0 Å². The Bertz CT molecular complexity index is 225. The normalized spacial score (nSPS) is 7.44. The van der Waals surface area contributed by atoms with Gasteiger partial charge in [-0.3, -0.25) is 0 Å². The van der Waals surface area contributed by atoms with Crippen molar-refractivity contribution in [2.24, 2.45) is 0 Å². The predicted octanol–water partition coefficient (Wildman–Crippen LogP) is 1.62. The molecule has 9 heavy (non-hydrogen) atoms. The molecule has 1 aromatic heterocycles. The molecule has 48 valence electrons. The van der Waals surface area contributed by atoms with Gasteiger partial charge in [-0.05, 0) is 11.4 Å². The Morgan fingerprint density at radius 1 is 1.67 bits per heavy atom. The second-order valence-corrected chi connectivity index (χ2v) is 2.23. The van der Waals surface area contributed by atoms with Gasteiger partial charge in [-0.2, -0.15) is 5.26 Å². The Kier molecular flexibility index (Phi) is 3.07. The summed E-state index contributed by atoms with van der Waals surface area (Å²) in [5.41, 5.74) is 5.92. The van der Waals surface area contributed by atoms with E-state index in [0.717, 1.165) is 0 Å². The number of rotatable bonds is 0. The largest absolute Gasteiger partial charge is 0.397 e. The van der Waals surface area contributed by atoms with Crippen LogP contribution in [0.2, 0.25) is 0 Å². The monoisotopic (exact) mass is 160 g/mol. The molecule has 0 spiro atoms. The highest BCUT2D eigenvalue weighted by Crippen LogP contribution is 2.16. The number of hydrogen-bond donors (Lipinski definition) is 1. The van der Waals surface area contributed by atoms with Crippen LogP contribution >= 0.6 is 23.7 Å². The Morgan fingerprint density at radius 3 is 2.56 bits per heavy atom. The van der Waals surface area contributed by atoms with Crippen LogP contribution in [0.25, 0.3) is 0 Å². The van der Waals surface area contributed by atoms with Crippen LogP contribution in [0.3, 0.4) is 0 Å². The fourth-order valence-electron chi connectivity index (χ4n) is 0.410. The molecule has 0 amide bonds.